The maximum absolute atomic E-state index is 6.86. The Morgan fingerprint density at radius 1 is 0.929 bits per heavy atom. The Morgan fingerprint density at radius 3 is 2.36 bits per heavy atom. The SMILES string of the molecule is CONCc1ccc(-c2cccc(-c3cccc4c3c(Cl)nn4C)c2Cl)cc1. The summed E-state index contributed by atoms with van der Waals surface area (Å²) in [7, 11) is 3.49. The molecule has 4 nitrogen and oxygen atoms in total. The molecule has 6 heteroatoms. The second-order valence-electron chi connectivity index (χ2n) is 6.50. The van der Waals surface area contributed by atoms with Crippen LogP contribution in [0.15, 0.2) is 60.7 Å². The first kappa shape index (κ1) is 19.0. The Bertz CT molecular complexity index is 1140. The van der Waals surface area contributed by atoms with Crippen molar-refractivity contribution >= 4 is 34.1 Å². The highest BCUT2D eigenvalue weighted by molar-refractivity contribution is 6.38. The van der Waals surface area contributed by atoms with Gasteiger partial charge in [-0.1, -0.05) is 77.8 Å². The molecule has 0 aliphatic carbocycles. The molecule has 0 aliphatic heterocycles. The van der Waals surface area contributed by atoms with Gasteiger partial charge in [-0.2, -0.15) is 10.6 Å². The molecule has 1 aromatic heterocycles. The van der Waals surface area contributed by atoms with Crippen molar-refractivity contribution in [2.45, 2.75) is 6.54 Å². The first-order valence-corrected chi connectivity index (χ1v) is 9.61. The highest BCUT2D eigenvalue weighted by atomic mass is 35.5. The van der Waals surface area contributed by atoms with E-state index in [1.807, 2.05) is 43.4 Å². The lowest BCUT2D eigenvalue weighted by Gasteiger charge is -2.12. The van der Waals surface area contributed by atoms with Crippen molar-refractivity contribution in [3.05, 3.63) is 76.4 Å². The lowest BCUT2D eigenvalue weighted by Crippen LogP contribution is -2.10. The molecule has 1 N–H and O–H groups in total. The van der Waals surface area contributed by atoms with E-state index in [2.05, 4.69) is 34.8 Å². The molecule has 28 heavy (non-hydrogen) atoms. The molecule has 0 radical (unpaired) electrons. The van der Waals surface area contributed by atoms with Gasteiger partial charge in [0, 0.05) is 30.1 Å². The minimum absolute atomic E-state index is 0.476. The minimum atomic E-state index is 0.476. The van der Waals surface area contributed by atoms with Crippen LogP contribution in [0.5, 0.6) is 0 Å². The van der Waals surface area contributed by atoms with Crippen molar-refractivity contribution in [1.29, 1.82) is 0 Å². The minimum Gasteiger partial charge on any atom is -0.305 e. The summed E-state index contributed by atoms with van der Waals surface area (Å²) in [6, 6.07) is 20.3. The maximum atomic E-state index is 6.86. The Morgan fingerprint density at radius 2 is 1.61 bits per heavy atom. The predicted molar refractivity (Wildman–Crippen MR) is 115 cm³/mol. The molecule has 0 unspecified atom stereocenters. The van der Waals surface area contributed by atoms with E-state index in [1.54, 1.807) is 11.8 Å². The topological polar surface area (TPSA) is 39.1 Å². The summed E-state index contributed by atoms with van der Waals surface area (Å²) in [6.45, 7) is 0.645. The number of nitrogens with zero attached hydrogens (tertiary/aromatic N) is 2. The van der Waals surface area contributed by atoms with E-state index >= 15 is 0 Å². The van der Waals surface area contributed by atoms with Crippen LogP contribution in [0.1, 0.15) is 5.56 Å². The molecule has 4 aromatic rings. The number of aromatic nitrogens is 2. The van der Waals surface area contributed by atoms with Gasteiger partial charge in [-0.05, 0) is 22.8 Å². The fourth-order valence-corrected chi connectivity index (χ4v) is 4.06. The van der Waals surface area contributed by atoms with Crippen LogP contribution >= 0.6 is 23.2 Å². The van der Waals surface area contributed by atoms with Crippen LogP contribution in [0.2, 0.25) is 10.2 Å². The van der Waals surface area contributed by atoms with Gasteiger partial charge in [0.2, 0.25) is 0 Å². The van der Waals surface area contributed by atoms with Gasteiger partial charge in [-0.3, -0.25) is 4.68 Å². The van der Waals surface area contributed by atoms with E-state index in [0.29, 0.717) is 16.7 Å². The third-order valence-corrected chi connectivity index (χ3v) is 5.48. The number of hydrogen-bond acceptors (Lipinski definition) is 3. The second-order valence-corrected chi connectivity index (χ2v) is 7.24. The van der Waals surface area contributed by atoms with Crippen LogP contribution < -0.4 is 5.48 Å². The molecular formula is C22H19Cl2N3O. The summed E-state index contributed by atoms with van der Waals surface area (Å²) in [5.74, 6) is 0. The normalized spacial score (nSPS) is 11.3. The highest BCUT2D eigenvalue weighted by Crippen LogP contribution is 2.40. The average molecular weight is 412 g/mol. The van der Waals surface area contributed by atoms with Crippen LogP contribution in [0.4, 0.5) is 0 Å². The van der Waals surface area contributed by atoms with Gasteiger partial charge in [-0.25, -0.2) is 0 Å². The van der Waals surface area contributed by atoms with Gasteiger partial charge in [-0.15, -0.1) is 0 Å². The van der Waals surface area contributed by atoms with Crippen molar-refractivity contribution < 1.29 is 4.84 Å². The molecular weight excluding hydrogens is 393 g/mol. The Balaban J connectivity index is 1.80. The number of hydrogen-bond donors (Lipinski definition) is 1. The van der Waals surface area contributed by atoms with Crippen LogP contribution in [0, 0.1) is 0 Å². The first-order chi connectivity index (χ1) is 13.6. The number of nitrogens with one attached hydrogen (secondary N) is 1. The van der Waals surface area contributed by atoms with Crippen molar-refractivity contribution in [1.82, 2.24) is 15.3 Å². The third kappa shape index (κ3) is 3.40. The number of fused-ring (bicyclic) bond motifs is 1. The molecule has 0 saturated carbocycles. The van der Waals surface area contributed by atoms with Gasteiger partial charge in [0.1, 0.15) is 0 Å². The lowest BCUT2D eigenvalue weighted by molar-refractivity contribution is 0.0867. The average Bonchev–Trinajstić information content (AvgIpc) is 3.01. The summed E-state index contributed by atoms with van der Waals surface area (Å²) >= 11 is 13.3. The van der Waals surface area contributed by atoms with Gasteiger partial charge in [0.05, 0.1) is 17.6 Å². The summed E-state index contributed by atoms with van der Waals surface area (Å²) < 4.78 is 1.78. The van der Waals surface area contributed by atoms with E-state index < -0.39 is 0 Å². The third-order valence-electron chi connectivity index (χ3n) is 4.81. The number of rotatable bonds is 5. The monoisotopic (exact) mass is 411 g/mol. The van der Waals surface area contributed by atoms with Gasteiger partial charge < -0.3 is 4.84 Å². The molecule has 0 atom stereocenters. The fraction of sp³-hybridized carbons (Fsp3) is 0.136. The molecule has 3 aromatic carbocycles. The molecule has 4 rings (SSSR count). The van der Waals surface area contributed by atoms with E-state index in [0.717, 1.165) is 38.7 Å². The Labute approximate surface area is 173 Å². The standard InChI is InChI=1S/C22H19Cl2N3O/c1-27-19-8-4-6-17(20(19)22(24)26-27)18-7-3-5-16(21(18)23)15-11-9-14(10-12-15)13-25-28-2/h3-12,25H,13H2,1-2H3. The van der Waals surface area contributed by atoms with Crippen molar-refractivity contribution in [2.24, 2.45) is 7.05 Å². The number of hydroxylamine groups is 1. The maximum Gasteiger partial charge on any atom is 0.159 e. The van der Waals surface area contributed by atoms with E-state index in [9.17, 15) is 0 Å². The van der Waals surface area contributed by atoms with Crippen LogP contribution in [0.25, 0.3) is 33.2 Å². The van der Waals surface area contributed by atoms with Crippen LogP contribution in [0.3, 0.4) is 0 Å². The first-order valence-electron chi connectivity index (χ1n) is 8.85. The zero-order chi connectivity index (χ0) is 19.7. The molecule has 0 spiro atoms. The molecule has 142 valence electrons. The number of aryl methyl sites for hydroxylation is 1. The van der Waals surface area contributed by atoms with Crippen molar-refractivity contribution in [3.8, 4) is 22.3 Å². The summed E-state index contributed by atoms with van der Waals surface area (Å²) in [4.78, 5) is 4.90. The summed E-state index contributed by atoms with van der Waals surface area (Å²) in [5.41, 5.74) is 8.88. The zero-order valence-electron chi connectivity index (χ0n) is 15.5. The van der Waals surface area contributed by atoms with E-state index in [4.69, 9.17) is 28.0 Å². The quantitative estimate of drug-likeness (QED) is 0.417. The van der Waals surface area contributed by atoms with E-state index in [-0.39, 0.29) is 0 Å². The zero-order valence-corrected chi connectivity index (χ0v) is 17.1. The summed E-state index contributed by atoms with van der Waals surface area (Å²) in [6.07, 6.45) is 0. The lowest BCUT2D eigenvalue weighted by atomic mass is 9.96. The predicted octanol–water partition coefficient (Wildman–Crippen LogP) is 5.87. The molecule has 0 amide bonds. The van der Waals surface area contributed by atoms with Gasteiger partial charge in [0.25, 0.3) is 0 Å². The van der Waals surface area contributed by atoms with Gasteiger partial charge in [0.15, 0.2) is 5.15 Å². The number of benzene rings is 3. The summed E-state index contributed by atoms with van der Waals surface area (Å²) in [5, 5.41) is 6.42. The second kappa shape index (κ2) is 7.94. The van der Waals surface area contributed by atoms with Gasteiger partial charge >= 0.3 is 0 Å². The number of halogens is 2. The molecule has 0 fully saturated rings. The molecule has 0 aliphatic rings. The van der Waals surface area contributed by atoms with Crippen LogP contribution in [-0.4, -0.2) is 16.9 Å². The van der Waals surface area contributed by atoms with E-state index in [1.165, 1.54) is 0 Å². The highest BCUT2D eigenvalue weighted by Gasteiger charge is 2.16. The smallest absolute Gasteiger partial charge is 0.159 e. The molecule has 0 saturated heterocycles. The largest absolute Gasteiger partial charge is 0.305 e. The van der Waals surface area contributed by atoms with Crippen molar-refractivity contribution in [3.63, 3.8) is 0 Å². The molecule has 1 heterocycles. The Kier molecular flexibility index (Phi) is 5.38. The Hall–Kier alpha value is -2.37. The van der Waals surface area contributed by atoms with Crippen LogP contribution in [-0.2, 0) is 18.4 Å². The fourth-order valence-electron chi connectivity index (χ4n) is 3.41. The van der Waals surface area contributed by atoms with Crippen molar-refractivity contribution in [2.75, 3.05) is 7.11 Å². The molecule has 0 bridgehead atoms.